The smallest absolute Gasteiger partial charge is 0.255 e. The van der Waals surface area contributed by atoms with E-state index in [1.54, 1.807) is 48.5 Å². The predicted molar refractivity (Wildman–Crippen MR) is 121 cm³/mol. The van der Waals surface area contributed by atoms with Gasteiger partial charge in [-0.1, -0.05) is 36.4 Å². The van der Waals surface area contributed by atoms with Gasteiger partial charge in [0.2, 0.25) is 5.91 Å². The summed E-state index contributed by atoms with van der Waals surface area (Å²) in [6.45, 7) is 0. The van der Waals surface area contributed by atoms with Crippen LogP contribution in [0, 0.1) is 0 Å². The van der Waals surface area contributed by atoms with Crippen LogP contribution in [0.2, 0.25) is 0 Å². The highest BCUT2D eigenvalue weighted by atomic mass is 32.2. The molecule has 0 aliphatic rings. The summed E-state index contributed by atoms with van der Waals surface area (Å²) in [6, 6.07) is 19.3. The van der Waals surface area contributed by atoms with Crippen molar-refractivity contribution in [1.29, 1.82) is 0 Å². The molecule has 0 aliphatic heterocycles. The van der Waals surface area contributed by atoms with E-state index in [4.69, 9.17) is 9.47 Å². The Labute approximate surface area is 186 Å². The van der Waals surface area contributed by atoms with Crippen LogP contribution in [-0.2, 0) is 14.6 Å². The molecule has 8 nitrogen and oxygen atoms in total. The van der Waals surface area contributed by atoms with E-state index >= 15 is 0 Å². The Hall–Kier alpha value is -3.85. The molecule has 0 saturated carbocycles. The summed E-state index contributed by atoms with van der Waals surface area (Å²) in [5.41, 5.74) is 0.987. The third-order valence-corrected chi connectivity index (χ3v) is 6.14. The highest BCUT2D eigenvalue weighted by Crippen LogP contribution is 2.36. The molecule has 0 spiro atoms. The molecule has 3 aromatic carbocycles. The third kappa shape index (κ3) is 5.44. The molecule has 2 amide bonds. The molecule has 3 rings (SSSR count). The van der Waals surface area contributed by atoms with Crippen molar-refractivity contribution in [3.05, 3.63) is 78.4 Å². The van der Waals surface area contributed by atoms with Crippen LogP contribution in [0.15, 0.2) is 77.7 Å². The molecule has 0 radical (unpaired) electrons. The fourth-order valence-corrected chi connectivity index (χ4v) is 4.10. The fraction of sp³-hybridized carbons (Fsp3) is 0.130. The van der Waals surface area contributed by atoms with Crippen molar-refractivity contribution in [3.63, 3.8) is 0 Å². The Kier molecular flexibility index (Phi) is 7.11. The minimum absolute atomic E-state index is 0.0543. The van der Waals surface area contributed by atoms with Crippen molar-refractivity contribution in [2.24, 2.45) is 0 Å². The number of anilines is 2. The number of carbonyl (C=O) groups excluding carboxylic acids is 2. The summed E-state index contributed by atoms with van der Waals surface area (Å²) in [5.74, 6) is -1.35. The number of rotatable bonds is 8. The van der Waals surface area contributed by atoms with Gasteiger partial charge >= 0.3 is 0 Å². The molecule has 32 heavy (non-hydrogen) atoms. The monoisotopic (exact) mass is 454 g/mol. The maximum atomic E-state index is 12.5. The van der Waals surface area contributed by atoms with E-state index < -0.39 is 21.5 Å². The lowest BCUT2D eigenvalue weighted by Crippen LogP contribution is -2.23. The first-order valence-corrected chi connectivity index (χ1v) is 11.2. The number of nitrogens with one attached hydrogen (secondary N) is 2. The standard InChI is InChI=1S/C23H22N2O6S/c1-30-20-14-19(25-23(27)16-9-5-3-6-10-16)21(31-2)13-18(20)24-22(26)15-32(28,29)17-11-7-4-8-12-17/h3-14H,15H2,1-2H3,(H,24,26)(H,25,27). The number of benzene rings is 3. The van der Waals surface area contributed by atoms with Crippen LogP contribution >= 0.6 is 0 Å². The van der Waals surface area contributed by atoms with Gasteiger partial charge in [-0.15, -0.1) is 0 Å². The summed E-state index contributed by atoms with van der Waals surface area (Å²) in [7, 11) is -1.01. The number of sulfone groups is 1. The highest BCUT2D eigenvalue weighted by molar-refractivity contribution is 7.92. The zero-order valence-electron chi connectivity index (χ0n) is 17.5. The molecule has 0 heterocycles. The maximum Gasteiger partial charge on any atom is 0.255 e. The number of carbonyl (C=O) groups is 2. The summed E-state index contributed by atoms with van der Waals surface area (Å²) in [4.78, 5) is 25.0. The van der Waals surface area contributed by atoms with Crippen LogP contribution < -0.4 is 20.1 Å². The van der Waals surface area contributed by atoms with E-state index in [0.29, 0.717) is 11.3 Å². The molecule has 166 valence electrons. The van der Waals surface area contributed by atoms with Gasteiger partial charge in [0.05, 0.1) is 30.5 Å². The van der Waals surface area contributed by atoms with E-state index in [1.165, 1.54) is 38.5 Å². The molecule has 0 unspecified atom stereocenters. The number of ether oxygens (including phenoxy) is 2. The second-order valence-corrected chi connectivity index (χ2v) is 8.68. The van der Waals surface area contributed by atoms with Gasteiger partial charge in [0.25, 0.3) is 5.91 Å². The molecule has 9 heteroatoms. The highest BCUT2D eigenvalue weighted by Gasteiger charge is 2.21. The molecular weight excluding hydrogens is 432 g/mol. The molecule has 2 N–H and O–H groups in total. The molecule has 0 fully saturated rings. The first kappa shape index (κ1) is 22.8. The second kappa shape index (κ2) is 9.97. The van der Waals surface area contributed by atoms with Crippen molar-refractivity contribution < 1.29 is 27.5 Å². The first-order valence-electron chi connectivity index (χ1n) is 9.54. The van der Waals surface area contributed by atoms with E-state index in [-0.39, 0.29) is 28.0 Å². The van der Waals surface area contributed by atoms with Gasteiger partial charge < -0.3 is 20.1 Å². The molecule has 0 aliphatic carbocycles. The number of amides is 2. The van der Waals surface area contributed by atoms with Crippen molar-refractivity contribution >= 4 is 33.0 Å². The molecule has 0 atom stereocenters. The number of hydrogen-bond acceptors (Lipinski definition) is 6. The van der Waals surface area contributed by atoms with Gasteiger partial charge in [-0.3, -0.25) is 9.59 Å². The largest absolute Gasteiger partial charge is 0.494 e. The van der Waals surface area contributed by atoms with Crippen LogP contribution in [0.1, 0.15) is 10.4 Å². The van der Waals surface area contributed by atoms with Gasteiger partial charge in [-0.25, -0.2) is 8.42 Å². The molecule has 0 saturated heterocycles. The molecule has 0 bridgehead atoms. The topological polar surface area (TPSA) is 111 Å². The normalized spacial score (nSPS) is 10.8. The van der Waals surface area contributed by atoms with E-state index in [0.717, 1.165) is 0 Å². The van der Waals surface area contributed by atoms with Crippen LogP contribution in [0.3, 0.4) is 0 Å². The van der Waals surface area contributed by atoms with Crippen molar-refractivity contribution in [2.45, 2.75) is 4.90 Å². The summed E-state index contributed by atoms with van der Waals surface area (Å²) < 4.78 is 35.6. The summed E-state index contributed by atoms with van der Waals surface area (Å²) >= 11 is 0. The summed E-state index contributed by atoms with van der Waals surface area (Å²) in [5, 5.41) is 5.28. The fourth-order valence-electron chi connectivity index (χ4n) is 2.95. The van der Waals surface area contributed by atoms with Crippen molar-refractivity contribution in [3.8, 4) is 11.5 Å². The van der Waals surface area contributed by atoms with E-state index in [9.17, 15) is 18.0 Å². The van der Waals surface area contributed by atoms with Crippen molar-refractivity contribution in [2.75, 3.05) is 30.6 Å². The zero-order chi connectivity index (χ0) is 23.1. The Morgan fingerprint density at radius 1 is 0.781 bits per heavy atom. The lowest BCUT2D eigenvalue weighted by molar-refractivity contribution is -0.113. The van der Waals surface area contributed by atoms with Gasteiger partial charge in [-0.05, 0) is 24.3 Å². The average molecular weight is 455 g/mol. The third-order valence-electron chi connectivity index (χ3n) is 4.50. The maximum absolute atomic E-state index is 12.5. The van der Waals surface area contributed by atoms with Gasteiger partial charge in [0.15, 0.2) is 9.84 Å². The lowest BCUT2D eigenvalue weighted by atomic mass is 10.2. The lowest BCUT2D eigenvalue weighted by Gasteiger charge is -2.16. The van der Waals surface area contributed by atoms with E-state index in [1.807, 2.05) is 0 Å². The average Bonchev–Trinajstić information content (AvgIpc) is 2.80. The molecule has 3 aromatic rings. The Bertz CT molecular complexity index is 1210. The minimum Gasteiger partial charge on any atom is -0.494 e. The first-order chi connectivity index (χ1) is 15.3. The van der Waals surface area contributed by atoms with Crippen molar-refractivity contribution in [1.82, 2.24) is 0 Å². The Morgan fingerprint density at radius 3 is 1.81 bits per heavy atom. The van der Waals surface area contributed by atoms with Gasteiger partial charge in [0, 0.05) is 17.7 Å². The quantitative estimate of drug-likeness (QED) is 0.540. The van der Waals surface area contributed by atoms with Crippen LogP contribution in [0.5, 0.6) is 11.5 Å². The van der Waals surface area contributed by atoms with Gasteiger partial charge in [-0.2, -0.15) is 0 Å². The van der Waals surface area contributed by atoms with Crippen LogP contribution in [-0.4, -0.2) is 40.2 Å². The number of methoxy groups -OCH3 is 2. The molecule has 0 aromatic heterocycles. The van der Waals surface area contributed by atoms with Crippen LogP contribution in [0.25, 0.3) is 0 Å². The van der Waals surface area contributed by atoms with Gasteiger partial charge in [0.1, 0.15) is 17.3 Å². The predicted octanol–water partition coefficient (Wildman–Crippen LogP) is 3.37. The molecular formula is C23H22N2O6S. The SMILES string of the molecule is COc1cc(NC(=O)c2ccccc2)c(OC)cc1NC(=O)CS(=O)(=O)c1ccccc1. The van der Waals surface area contributed by atoms with Crippen LogP contribution in [0.4, 0.5) is 11.4 Å². The number of hydrogen-bond donors (Lipinski definition) is 2. The Morgan fingerprint density at radius 2 is 1.28 bits per heavy atom. The Balaban J connectivity index is 1.81. The zero-order valence-corrected chi connectivity index (χ0v) is 18.3. The second-order valence-electron chi connectivity index (χ2n) is 6.69. The minimum atomic E-state index is -3.81. The summed E-state index contributed by atoms with van der Waals surface area (Å²) in [6.07, 6.45) is 0. The van der Waals surface area contributed by atoms with E-state index in [2.05, 4.69) is 10.6 Å².